The van der Waals surface area contributed by atoms with Crippen LogP contribution in [0.2, 0.25) is 0 Å². The molecular weight excluding hydrogens is 210 g/mol. The van der Waals surface area contributed by atoms with Gasteiger partial charge in [0.15, 0.2) is 5.75 Å². The molecule has 6 heteroatoms. The quantitative estimate of drug-likeness (QED) is 0.430. The molecule has 74 valence electrons. The predicted octanol–water partition coefficient (Wildman–Crippen LogP) is 2.06. The first-order valence-corrected chi connectivity index (χ1v) is 4.38. The molecule has 0 N–H and O–H groups in total. The average molecular weight is 216 g/mol. The summed E-state index contributed by atoms with van der Waals surface area (Å²) < 4.78 is 10.0. The molecule has 5 nitrogen and oxygen atoms in total. The highest BCUT2D eigenvalue weighted by Crippen LogP contribution is 2.41. The van der Waals surface area contributed by atoms with Gasteiger partial charge < -0.3 is 9.47 Å². The number of ether oxygens (including phenoxy) is 2. The van der Waals surface area contributed by atoms with Crippen LogP contribution >= 0.6 is 11.6 Å². The van der Waals surface area contributed by atoms with Crippen LogP contribution in [0.3, 0.4) is 0 Å². The van der Waals surface area contributed by atoms with Crippen LogP contribution < -0.4 is 9.47 Å². The fourth-order valence-corrected chi connectivity index (χ4v) is 1.41. The monoisotopic (exact) mass is 215 g/mol. The molecule has 2 rings (SSSR count). The van der Waals surface area contributed by atoms with Gasteiger partial charge in [-0.1, -0.05) is 0 Å². The van der Waals surface area contributed by atoms with Gasteiger partial charge >= 0.3 is 5.69 Å². The molecule has 0 saturated heterocycles. The van der Waals surface area contributed by atoms with Crippen LogP contribution in [0, 0.1) is 10.1 Å². The van der Waals surface area contributed by atoms with Crippen LogP contribution in [-0.2, 0) is 5.88 Å². The molecule has 0 unspecified atom stereocenters. The highest BCUT2D eigenvalue weighted by molar-refractivity contribution is 6.17. The number of hydrogen-bond acceptors (Lipinski definition) is 4. The van der Waals surface area contributed by atoms with E-state index in [1.807, 2.05) is 0 Å². The van der Waals surface area contributed by atoms with E-state index in [2.05, 4.69) is 0 Å². The van der Waals surface area contributed by atoms with Gasteiger partial charge in [0.05, 0.1) is 4.92 Å². The van der Waals surface area contributed by atoms with Crippen LogP contribution in [0.15, 0.2) is 12.1 Å². The van der Waals surface area contributed by atoms with Gasteiger partial charge in [-0.15, -0.1) is 11.6 Å². The Kier molecular flexibility index (Phi) is 2.17. The van der Waals surface area contributed by atoms with Crippen molar-refractivity contribution in [2.75, 3.05) is 6.79 Å². The van der Waals surface area contributed by atoms with E-state index >= 15 is 0 Å². The maximum atomic E-state index is 10.7. The lowest BCUT2D eigenvalue weighted by molar-refractivity contribution is -0.385. The normalized spacial score (nSPS) is 12.9. The molecule has 0 aliphatic carbocycles. The van der Waals surface area contributed by atoms with Crippen molar-refractivity contribution < 1.29 is 14.4 Å². The third-order valence-electron chi connectivity index (χ3n) is 1.86. The van der Waals surface area contributed by atoms with E-state index in [1.54, 1.807) is 6.07 Å². The summed E-state index contributed by atoms with van der Waals surface area (Å²) in [5.74, 6) is 0.774. The average Bonchev–Trinajstić information content (AvgIpc) is 2.63. The first kappa shape index (κ1) is 9.08. The van der Waals surface area contributed by atoms with Crippen molar-refractivity contribution in [2.45, 2.75) is 5.88 Å². The van der Waals surface area contributed by atoms with E-state index in [-0.39, 0.29) is 24.1 Å². The minimum absolute atomic E-state index is 0.0158. The summed E-state index contributed by atoms with van der Waals surface area (Å²) in [6, 6.07) is 3.03. The number of nitro groups is 1. The Labute approximate surface area is 84.3 Å². The zero-order valence-corrected chi connectivity index (χ0v) is 7.78. The molecule has 0 bridgehead atoms. The molecule has 1 aromatic rings. The Hall–Kier alpha value is -1.49. The summed E-state index contributed by atoms with van der Waals surface area (Å²) in [6.07, 6.45) is 0. The molecule has 0 saturated carbocycles. The maximum Gasteiger partial charge on any atom is 0.315 e. The number of hydrogen-bond donors (Lipinski definition) is 0. The van der Waals surface area contributed by atoms with Crippen molar-refractivity contribution in [1.82, 2.24) is 0 Å². The molecule has 14 heavy (non-hydrogen) atoms. The molecule has 1 aliphatic heterocycles. The zero-order valence-electron chi connectivity index (χ0n) is 7.03. The molecule has 0 amide bonds. The van der Waals surface area contributed by atoms with Gasteiger partial charge in [-0.05, 0) is 11.6 Å². The predicted molar refractivity (Wildman–Crippen MR) is 48.8 cm³/mol. The molecule has 0 radical (unpaired) electrons. The smallest absolute Gasteiger partial charge is 0.315 e. The molecule has 0 aromatic heterocycles. The standard InChI is InChI=1S/C8H6ClNO4/c9-3-5-1-6(10(11)12)8-7(2-5)13-4-14-8/h1-2H,3-4H2. The number of fused-ring (bicyclic) bond motifs is 1. The van der Waals surface area contributed by atoms with Crippen molar-refractivity contribution in [3.63, 3.8) is 0 Å². The van der Waals surface area contributed by atoms with Crippen LogP contribution in [0.4, 0.5) is 5.69 Å². The summed E-state index contributed by atoms with van der Waals surface area (Å²) in [5.41, 5.74) is 0.540. The number of nitrogens with zero attached hydrogens (tertiary/aromatic N) is 1. The number of rotatable bonds is 2. The molecule has 0 fully saturated rings. The molecule has 1 aromatic carbocycles. The van der Waals surface area contributed by atoms with E-state index in [0.29, 0.717) is 11.3 Å². The van der Waals surface area contributed by atoms with Crippen LogP contribution in [0.25, 0.3) is 0 Å². The Morgan fingerprint density at radius 2 is 2.29 bits per heavy atom. The molecule has 0 spiro atoms. The SMILES string of the molecule is O=[N+]([O-])c1cc(CCl)cc2c1OCO2. The van der Waals surface area contributed by atoms with Gasteiger partial charge in [-0.2, -0.15) is 0 Å². The highest BCUT2D eigenvalue weighted by atomic mass is 35.5. The van der Waals surface area contributed by atoms with E-state index in [1.165, 1.54) is 6.07 Å². The topological polar surface area (TPSA) is 61.6 Å². The highest BCUT2D eigenvalue weighted by Gasteiger charge is 2.26. The molecule has 0 atom stereocenters. The van der Waals surface area contributed by atoms with E-state index in [4.69, 9.17) is 21.1 Å². The third-order valence-corrected chi connectivity index (χ3v) is 2.17. The Morgan fingerprint density at radius 3 is 2.93 bits per heavy atom. The Balaban J connectivity index is 2.57. The Bertz CT molecular complexity index is 393. The first-order valence-electron chi connectivity index (χ1n) is 3.85. The van der Waals surface area contributed by atoms with Crippen molar-refractivity contribution in [3.8, 4) is 11.5 Å². The van der Waals surface area contributed by atoms with Gasteiger partial charge in [0.1, 0.15) is 0 Å². The van der Waals surface area contributed by atoms with Crippen LogP contribution in [0.5, 0.6) is 11.5 Å². The fourth-order valence-electron chi connectivity index (χ4n) is 1.26. The lowest BCUT2D eigenvalue weighted by atomic mass is 10.2. The van der Waals surface area contributed by atoms with Gasteiger partial charge in [-0.3, -0.25) is 10.1 Å². The lowest BCUT2D eigenvalue weighted by Gasteiger charge is -2.00. The van der Waals surface area contributed by atoms with Crippen LogP contribution in [-0.4, -0.2) is 11.7 Å². The first-order chi connectivity index (χ1) is 6.72. The van der Waals surface area contributed by atoms with Gasteiger partial charge in [0, 0.05) is 11.9 Å². The second-order valence-electron chi connectivity index (χ2n) is 2.74. The van der Waals surface area contributed by atoms with Crippen molar-refractivity contribution in [1.29, 1.82) is 0 Å². The fraction of sp³-hybridized carbons (Fsp3) is 0.250. The summed E-state index contributed by atoms with van der Waals surface area (Å²) in [6.45, 7) is 0.0158. The van der Waals surface area contributed by atoms with Crippen molar-refractivity contribution in [3.05, 3.63) is 27.8 Å². The van der Waals surface area contributed by atoms with Crippen LogP contribution in [0.1, 0.15) is 5.56 Å². The summed E-state index contributed by atoms with van der Waals surface area (Å²) in [5, 5.41) is 10.7. The van der Waals surface area contributed by atoms with E-state index in [9.17, 15) is 10.1 Å². The number of benzene rings is 1. The molecular formula is C8H6ClNO4. The number of halogens is 1. The molecule has 1 aliphatic rings. The van der Waals surface area contributed by atoms with Crippen molar-refractivity contribution in [2.24, 2.45) is 0 Å². The Morgan fingerprint density at radius 1 is 1.50 bits per heavy atom. The maximum absolute atomic E-state index is 10.7. The zero-order chi connectivity index (χ0) is 10.1. The van der Waals surface area contributed by atoms with Gasteiger partial charge in [0.25, 0.3) is 0 Å². The van der Waals surface area contributed by atoms with Gasteiger partial charge in [-0.25, -0.2) is 0 Å². The molecule has 1 heterocycles. The third kappa shape index (κ3) is 1.35. The number of alkyl halides is 1. The van der Waals surface area contributed by atoms with Crippen molar-refractivity contribution >= 4 is 17.3 Å². The van der Waals surface area contributed by atoms with E-state index < -0.39 is 4.92 Å². The second-order valence-corrected chi connectivity index (χ2v) is 3.01. The van der Waals surface area contributed by atoms with E-state index in [0.717, 1.165) is 0 Å². The largest absolute Gasteiger partial charge is 0.453 e. The van der Waals surface area contributed by atoms with Gasteiger partial charge in [0.2, 0.25) is 12.5 Å². The summed E-state index contributed by atoms with van der Waals surface area (Å²) in [4.78, 5) is 10.1. The number of nitro benzene ring substituents is 1. The summed E-state index contributed by atoms with van der Waals surface area (Å²) >= 11 is 5.59. The second kappa shape index (κ2) is 3.34. The minimum atomic E-state index is -0.510. The minimum Gasteiger partial charge on any atom is -0.453 e. The summed E-state index contributed by atoms with van der Waals surface area (Å²) in [7, 11) is 0. The lowest BCUT2D eigenvalue weighted by Crippen LogP contribution is -1.95.